The maximum absolute atomic E-state index is 13.7. The van der Waals surface area contributed by atoms with Gasteiger partial charge in [0, 0.05) is 24.5 Å². The maximum Gasteiger partial charge on any atom is 0.242 e. The van der Waals surface area contributed by atoms with E-state index in [-0.39, 0.29) is 5.83 Å². The Balaban J connectivity index is 1.92. The van der Waals surface area contributed by atoms with Crippen LogP contribution in [0, 0.1) is 0 Å². The lowest BCUT2D eigenvalue weighted by Gasteiger charge is -2.31. The Labute approximate surface area is 113 Å². The Morgan fingerprint density at radius 3 is 2.55 bits per heavy atom. The van der Waals surface area contributed by atoms with E-state index < -0.39 is 0 Å². The van der Waals surface area contributed by atoms with Crippen molar-refractivity contribution in [1.82, 2.24) is 9.47 Å². The monoisotopic (exact) mass is 268 g/mol. The van der Waals surface area contributed by atoms with Crippen LogP contribution >= 0.6 is 0 Å². The van der Waals surface area contributed by atoms with Gasteiger partial charge in [0.25, 0.3) is 0 Å². The molecule has 0 N–H and O–H groups in total. The predicted molar refractivity (Wildman–Crippen MR) is 74.4 cm³/mol. The molecule has 1 aromatic rings. The van der Waals surface area contributed by atoms with Crippen LogP contribution in [-0.4, -0.2) is 33.1 Å². The molecule has 6 nitrogen and oxygen atoms in total. The maximum atomic E-state index is 13.7. The second-order valence-electron chi connectivity index (χ2n) is 4.41. The molecule has 4 heterocycles. The molecule has 0 saturated heterocycles. The fourth-order valence-corrected chi connectivity index (χ4v) is 2.16. The molecule has 0 fully saturated rings. The Hall–Kier alpha value is -2.83. The minimum Gasteiger partial charge on any atom is -0.293 e. The highest BCUT2D eigenvalue weighted by atomic mass is 19.1. The summed E-state index contributed by atoms with van der Waals surface area (Å²) in [7, 11) is 0. The van der Waals surface area contributed by atoms with Crippen molar-refractivity contribution >= 4 is 23.6 Å². The number of hydrogen-bond donors (Lipinski definition) is 0. The van der Waals surface area contributed by atoms with E-state index in [1.807, 2.05) is 24.5 Å². The van der Waals surface area contributed by atoms with E-state index in [2.05, 4.69) is 20.0 Å². The third-order valence-electron chi connectivity index (χ3n) is 2.98. The van der Waals surface area contributed by atoms with Crippen LogP contribution in [0.2, 0.25) is 0 Å². The molecule has 3 aliphatic heterocycles. The van der Waals surface area contributed by atoms with E-state index in [1.54, 1.807) is 16.4 Å². The lowest BCUT2D eigenvalue weighted by atomic mass is 10.2. The van der Waals surface area contributed by atoms with Crippen molar-refractivity contribution in [3.63, 3.8) is 0 Å². The minimum absolute atomic E-state index is 0.387. The van der Waals surface area contributed by atoms with Gasteiger partial charge in [-0.2, -0.15) is 15.0 Å². The SMILES string of the molecule is CC1=NC2=CC(F)=CC3=NC(n4cccc4)=NC(=N1)N23. The zero-order valence-electron chi connectivity index (χ0n) is 10.5. The Kier molecular flexibility index (Phi) is 2.11. The molecule has 20 heavy (non-hydrogen) atoms. The fraction of sp³-hybridized carbons (Fsp3) is 0.0769. The number of amidine groups is 2. The first kappa shape index (κ1) is 11.0. The summed E-state index contributed by atoms with van der Waals surface area (Å²) in [5.74, 6) is 1.91. The number of aromatic nitrogens is 1. The van der Waals surface area contributed by atoms with Gasteiger partial charge in [0.15, 0.2) is 0 Å². The Bertz CT molecular complexity index is 774. The molecule has 0 amide bonds. The zero-order chi connectivity index (χ0) is 13.7. The first-order valence-electron chi connectivity index (χ1n) is 6.04. The number of rotatable bonds is 0. The van der Waals surface area contributed by atoms with Crippen LogP contribution in [0.4, 0.5) is 4.39 Å². The summed E-state index contributed by atoms with van der Waals surface area (Å²) >= 11 is 0. The van der Waals surface area contributed by atoms with Gasteiger partial charge < -0.3 is 0 Å². The van der Waals surface area contributed by atoms with E-state index in [9.17, 15) is 4.39 Å². The summed E-state index contributed by atoms with van der Waals surface area (Å²) in [5, 5.41) is 0. The van der Waals surface area contributed by atoms with Crippen LogP contribution in [0.25, 0.3) is 0 Å². The summed E-state index contributed by atoms with van der Waals surface area (Å²) in [6.45, 7) is 1.75. The van der Waals surface area contributed by atoms with Crippen molar-refractivity contribution in [3.05, 3.63) is 48.3 Å². The second-order valence-corrected chi connectivity index (χ2v) is 4.41. The predicted octanol–water partition coefficient (Wildman–Crippen LogP) is 1.90. The van der Waals surface area contributed by atoms with Gasteiger partial charge in [0.05, 0.1) is 0 Å². The quantitative estimate of drug-likeness (QED) is 0.709. The van der Waals surface area contributed by atoms with Crippen LogP contribution < -0.4 is 0 Å². The topological polar surface area (TPSA) is 57.6 Å². The van der Waals surface area contributed by atoms with Crippen molar-refractivity contribution in [2.75, 3.05) is 0 Å². The van der Waals surface area contributed by atoms with Crippen LogP contribution in [0.3, 0.4) is 0 Å². The molecule has 4 rings (SSSR count). The number of nitrogens with zero attached hydrogens (tertiary/aromatic N) is 6. The van der Waals surface area contributed by atoms with Crippen molar-refractivity contribution in [3.8, 4) is 0 Å². The number of aliphatic imine (C=N–C) groups is 4. The summed E-state index contributed by atoms with van der Waals surface area (Å²) in [5.41, 5.74) is 0. The number of allylic oxidation sites excluding steroid dienone is 2. The first-order chi connectivity index (χ1) is 9.70. The minimum atomic E-state index is -0.387. The summed E-state index contributed by atoms with van der Waals surface area (Å²) in [4.78, 5) is 18.9. The van der Waals surface area contributed by atoms with Crippen LogP contribution in [-0.2, 0) is 0 Å². The van der Waals surface area contributed by atoms with Gasteiger partial charge in [-0.05, 0) is 19.1 Å². The second kappa shape index (κ2) is 3.83. The van der Waals surface area contributed by atoms with Gasteiger partial charge in [0.2, 0.25) is 11.9 Å². The fourth-order valence-electron chi connectivity index (χ4n) is 2.16. The molecule has 0 spiro atoms. The third kappa shape index (κ3) is 1.56. The highest BCUT2D eigenvalue weighted by Crippen LogP contribution is 2.25. The normalized spacial score (nSPS) is 20.2. The first-order valence-corrected chi connectivity index (χ1v) is 6.04. The summed E-state index contributed by atoms with van der Waals surface area (Å²) in [6, 6.07) is 3.74. The summed E-state index contributed by atoms with van der Waals surface area (Å²) in [6.07, 6.45) is 6.33. The van der Waals surface area contributed by atoms with Crippen LogP contribution in [0.1, 0.15) is 6.92 Å². The van der Waals surface area contributed by atoms with Crippen molar-refractivity contribution in [2.24, 2.45) is 20.0 Å². The van der Waals surface area contributed by atoms with Crippen molar-refractivity contribution in [2.45, 2.75) is 6.92 Å². The molecule has 0 unspecified atom stereocenters. The number of halogens is 1. The van der Waals surface area contributed by atoms with Crippen LogP contribution in [0.5, 0.6) is 0 Å². The highest BCUT2D eigenvalue weighted by molar-refractivity contribution is 6.20. The van der Waals surface area contributed by atoms with Gasteiger partial charge in [-0.1, -0.05) is 0 Å². The molecule has 0 aliphatic carbocycles. The van der Waals surface area contributed by atoms with Crippen LogP contribution in [0.15, 0.2) is 68.3 Å². The average Bonchev–Trinajstić information content (AvgIpc) is 2.90. The molecule has 0 radical (unpaired) electrons. The third-order valence-corrected chi connectivity index (χ3v) is 2.98. The van der Waals surface area contributed by atoms with Gasteiger partial charge in [-0.3, -0.25) is 4.57 Å². The van der Waals surface area contributed by atoms with Gasteiger partial charge in [-0.25, -0.2) is 14.3 Å². The van der Waals surface area contributed by atoms with E-state index in [0.717, 1.165) is 0 Å². The van der Waals surface area contributed by atoms with E-state index >= 15 is 0 Å². The average molecular weight is 268 g/mol. The van der Waals surface area contributed by atoms with E-state index in [1.165, 1.54) is 12.2 Å². The molecule has 7 heteroatoms. The summed E-state index contributed by atoms with van der Waals surface area (Å²) < 4.78 is 15.4. The van der Waals surface area contributed by atoms with E-state index in [4.69, 9.17) is 0 Å². The molecule has 0 atom stereocenters. The van der Waals surface area contributed by atoms with Gasteiger partial charge in [-0.15, -0.1) is 0 Å². The standard InChI is InChI=1S/C13H9FN6/c1-8-15-10-6-9(14)7-11-17-12(19-4-2-3-5-19)18-13(16-8)20(10)11/h2-7H,1H3. The molecule has 98 valence electrons. The molecule has 0 bridgehead atoms. The lowest BCUT2D eigenvalue weighted by molar-refractivity contribution is 0.630. The van der Waals surface area contributed by atoms with E-state index in [0.29, 0.717) is 29.4 Å². The Morgan fingerprint density at radius 2 is 1.75 bits per heavy atom. The molecule has 0 saturated carbocycles. The van der Waals surface area contributed by atoms with Gasteiger partial charge in [0.1, 0.15) is 23.3 Å². The van der Waals surface area contributed by atoms with Crippen molar-refractivity contribution in [1.29, 1.82) is 0 Å². The molecular weight excluding hydrogens is 259 g/mol. The molecule has 1 aromatic heterocycles. The number of hydrogen-bond acceptors (Lipinski definition) is 5. The molecule has 0 aromatic carbocycles. The smallest absolute Gasteiger partial charge is 0.242 e. The molecule has 3 aliphatic rings. The van der Waals surface area contributed by atoms with Crippen molar-refractivity contribution < 1.29 is 4.39 Å². The Morgan fingerprint density at radius 1 is 0.950 bits per heavy atom. The van der Waals surface area contributed by atoms with Gasteiger partial charge >= 0.3 is 0 Å². The zero-order valence-corrected chi connectivity index (χ0v) is 10.5. The number of guanidine groups is 1. The lowest BCUT2D eigenvalue weighted by Crippen LogP contribution is -2.42. The largest absolute Gasteiger partial charge is 0.293 e. The molecular formula is C13H9FN6. The highest BCUT2D eigenvalue weighted by Gasteiger charge is 2.31.